The Kier molecular flexibility index (Phi) is 5.13. The zero-order chi connectivity index (χ0) is 16.1. The minimum atomic E-state index is -0.402. The highest BCUT2D eigenvalue weighted by molar-refractivity contribution is 7.80. The van der Waals surface area contributed by atoms with Gasteiger partial charge >= 0.3 is 0 Å². The van der Waals surface area contributed by atoms with Gasteiger partial charge in [-0.05, 0) is 42.5 Å². The lowest BCUT2D eigenvalue weighted by atomic mass is 10.2. The number of rotatable bonds is 3. The predicted octanol–water partition coefficient (Wildman–Crippen LogP) is 3.02. The van der Waals surface area contributed by atoms with Crippen LogP contribution in [0.5, 0.6) is 0 Å². The highest BCUT2D eigenvalue weighted by Crippen LogP contribution is 2.26. The quantitative estimate of drug-likeness (QED) is 0.750. The van der Waals surface area contributed by atoms with E-state index in [-0.39, 0.29) is 16.8 Å². The van der Waals surface area contributed by atoms with Crippen LogP contribution in [0.25, 0.3) is 0 Å². The molecule has 0 spiro atoms. The van der Waals surface area contributed by atoms with Crippen LogP contribution >= 0.6 is 23.8 Å². The molecule has 0 aliphatic heterocycles. The molecule has 2 aromatic rings. The maximum Gasteiger partial charge on any atom is 0.291 e. The van der Waals surface area contributed by atoms with Crippen molar-refractivity contribution in [3.05, 3.63) is 47.4 Å². The van der Waals surface area contributed by atoms with Crippen molar-refractivity contribution in [3.63, 3.8) is 0 Å². The molecule has 6 nitrogen and oxygen atoms in total. The molecule has 0 aliphatic rings. The highest BCUT2D eigenvalue weighted by atomic mass is 35.5. The fraction of sp³-hybridized carbons (Fsp3) is 0.0714. The van der Waals surface area contributed by atoms with E-state index in [1.165, 1.54) is 13.2 Å². The van der Waals surface area contributed by atoms with Crippen LogP contribution < -0.4 is 16.0 Å². The lowest BCUT2D eigenvalue weighted by Crippen LogP contribution is -2.32. The molecule has 0 saturated heterocycles. The van der Waals surface area contributed by atoms with E-state index in [0.29, 0.717) is 16.4 Å². The zero-order valence-corrected chi connectivity index (χ0v) is 13.0. The normalized spacial score (nSPS) is 9.91. The lowest BCUT2D eigenvalue weighted by molar-refractivity contribution is -0.117. The molecular weight excluding hydrogens is 326 g/mol. The molecule has 0 fully saturated rings. The summed E-state index contributed by atoms with van der Waals surface area (Å²) in [7, 11) is 0. The molecule has 8 heteroatoms. The third-order valence-electron chi connectivity index (χ3n) is 2.51. The van der Waals surface area contributed by atoms with Gasteiger partial charge in [0.1, 0.15) is 0 Å². The maximum atomic E-state index is 11.9. The van der Waals surface area contributed by atoms with Gasteiger partial charge in [0.05, 0.1) is 17.0 Å². The molecule has 1 heterocycles. The number of thiocarbonyl (C=S) groups is 1. The maximum absolute atomic E-state index is 11.9. The van der Waals surface area contributed by atoms with Crippen molar-refractivity contribution in [2.75, 3.05) is 10.6 Å². The molecule has 0 radical (unpaired) electrons. The van der Waals surface area contributed by atoms with Crippen molar-refractivity contribution in [1.82, 2.24) is 5.32 Å². The number of benzene rings is 1. The highest BCUT2D eigenvalue weighted by Gasteiger charge is 2.11. The van der Waals surface area contributed by atoms with Gasteiger partial charge in [-0.25, -0.2) is 0 Å². The molecule has 3 N–H and O–H groups in total. The second-order valence-corrected chi connectivity index (χ2v) is 5.08. The summed E-state index contributed by atoms with van der Waals surface area (Å²) in [5, 5.41) is 8.35. The number of amides is 2. The largest absolute Gasteiger partial charge is 0.459 e. The van der Waals surface area contributed by atoms with Crippen LogP contribution in [0.4, 0.5) is 11.4 Å². The minimum absolute atomic E-state index is 0.163. The van der Waals surface area contributed by atoms with Crippen LogP contribution in [0.15, 0.2) is 41.0 Å². The summed E-state index contributed by atoms with van der Waals surface area (Å²) < 4.78 is 5.00. The third-order valence-corrected chi connectivity index (χ3v) is 3.03. The molecule has 0 bridgehead atoms. The lowest BCUT2D eigenvalue weighted by Gasteiger charge is -2.11. The van der Waals surface area contributed by atoms with E-state index < -0.39 is 5.91 Å². The standard InChI is InChI=1S/C14H12ClN3O3S/c1-8(19)16-14(22)17-9-4-5-11(10(15)7-9)18-13(20)12-3-2-6-21-12/h2-7H,1H3,(H,18,20)(H2,16,17,19,22). The van der Waals surface area contributed by atoms with E-state index in [4.69, 9.17) is 28.2 Å². The summed E-state index contributed by atoms with van der Waals surface area (Å²) in [6, 6.07) is 8.02. The van der Waals surface area contributed by atoms with Crippen LogP contribution in [-0.2, 0) is 4.79 Å². The van der Waals surface area contributed by atoms with Gasteiger partial charge in [-0.3, -0.25) is 9.59 Å². The smallest absolute Gasteiger partial charge is 0.291 e. The minimum Gasteiger partial charge on any atom is -0.459 e. The average Bonchev–Trinajstić information content (AvgIpc) is 2.94. The Hall–Kier alpha value is -2.38. The molecule has 114 valence electrons. The molecule has 0 unspecified atom stereocenters. The van der Waals surface area contributed by atoms with Gasteiger partial charge in [-0.2, -0.15) is 0 Å². The Balaban J connectivity index is 2.05. The van der Waals surface area contributed by atoms with E-state index >= 15 is 0 Å². The average molecular weight is 338 g/mol. The summed E-state index contributed by atoms with van der Waals surface area (Å²) in [5.41, 5.74) is 1.01. The summed E-state index contributed by atoms with van der Waals surface area (Å²) in [5.74, 6) is -0.489. The number of halogens is 1. The van der Waals surface area contributed by atoms with Gasteiger partial charge in [0.15, 0.2) is 10.9 Å². The number of carbonyl (C=O) groups excluding carboxylic acids is 2. The SMILES string of the molecule is CC(=O)NC(=S)Nc1ccc(NC(=O)c2ccco2)c(Cl)c1. The van der Waals surface area contributed by atoms with Crippen molar-refractivity contribution in [1.29, 1.82) is 0 Å². The van der Waals surface area contributed by atoms with Crippen molar-refractivity contribution >= 4 is 52.1 Å². The van der Waals surface area contributed by atoms with Gasteiger partial charge in [0.2, 0.25) is 5.91 Å². The van der Waals surface area contributed by atoms with E-state index in [1.54, 1.807) is 30.3 Å². The van der Waals surface area contributed by atoms with Crippen LogP contribution in [0.3, 0.4) is 0 Å². The molecule has 0 aliphatic carbocycles. The van der Waals surface area contributed by atoms with Crippen molar-refractivity contribution in [2.24, 2.45) is 0 Å². The summed E-state index contributed by atoms with van der Waals surface area (Å²) >= 11 is 11.1. The number of hydrogen-bond acceptors (Lipinski definition) is 4. The Morgan fingerprint density at radius 3 is 2.59 bits per heavy atom. The fourth-order valence-corrected chi connectivity index (χ4v) is 2.10. The predicted molar refractivity (Wildman–Crippen MR) is 88.2 cm³/mol. The Morgan fingerprint density at radius 2 is 2.00 bits per heavy atom. The van der Waals surface area contributed by atoms with Crippen molar-refractivity contribution in [2.45, 2.75) is 6.92 Å². The molecule has 2 rings (SSSR count). The van der Waals surface area contributed by atoms with Crippen LogP contribution in [-0.4, -0.2) is 16.9 Å². The zero-order valence-electron chi connectivity index (χ0n) is 11.5. The monoisotopic (exact) mass is 337 g/mol. The molecule has 0 saturated carbocycles. The fourth-order valence-electron chi connectivity index (χ4n) is 1.61. The summed E-state index contributed by atoms with van der Waals surface area (Å²) in [6.45, 7) is 1.36. The molecule has 1 aromatic carbocycles. The van der Waals surface area contributed by atoms with E-state index in [9.17, 15) is 9.59 Å². The third kappa shape index (κ3) is 4.31. The van der Waals surface area contributed by atoms with Gasteiger partial charge < -0.3 is 20.4 Å². The van der Waals surface area contributed by atoms with Gasteiger partial charge in [0.25, 0.3) is 5.91 Å². The van der Waals surface area contributed by atoms with E-state index in [1.807, 2.05) is 0 Å². The molecule has 1 aromatic heterocycles. The van der Waals surface area contributed by atoms with Crippen molar-refractivity contribution in [3.8, 4) is 0 Å². The number of carbonyl (C=O) groups is 2. The Labute approximate surface area is 136 Å². The molecule has 22 heavy (non-hydrogen) atoms. The van der Waals surface area contributed by atoms with E-state index in [0.717, 1.165) is 0 Å². The second-order valence-electron chi connectivity index (χ2n) is 4.26. The first-order valence-corrected chi connectivity index (χ1v) is 6.97. The summed E-state index contributed by atoms with van der Waals surface area (Å²) in [6.07, 6.45) is 1.41. The Bertz CT molecular complexity index is 716. The Morgan fingerprint density at radius 1 is 1.23 bits per heavy atom. The number of anilines is 2. The first kappa shape index (κ1) is 16.0. The number of nitrogens with one attached hydrogen (secondary N) is 3. The molecular formula is C14H12ClN3O3S. The number of hydrogen-bond donors (Lipinski definition) is 3. The summed E-state index contributed by atoms with van der Waals surface area (Å²) in [4.78, 5) is 22.7. The second kappa shape index (κ2) is 7.06. The van der Waals surface area contributed by atoms with Crippen LogP contribution in [0.1, 0.15) is 17.5 Å². The van der Waals surface area contributed by atoms with Gasteiger partial charge in [-0.15, -0.1) is 0 Å². The topological polar surface area (TPSA) is 83.4 Å². The molecule has 0 atom stereocenters. The molecule has 2 amide bonds. The first-order valence-electron chi connectivity index (χ1n) is 6.18. The van der Waals surface area contributed by atoms with Crippen molar-refractivity contribution < 1.29 is 14.0 Å². The van der Waals surface area contributed by atoms with Gasteiger partial charge in [-0.1, -0.05) is 11.6 Å². The van der Waals surface area contributed by atoms with Gasteiger partial charge in [0, 0.05) is 12.6 Å². The van der Waals surface area contributed by atoms with E-state index in [2.05, 4.69) is 16.0 Å². The van der Waals surface area contributed by atoms with Crippen LogP contribution in [0.2, 0.25) is 5.02 Å². The number of furan rings is 1. The first-order chi connectivity index (χ1) is 10.5. The van der Waals surface area contributed by atoms with Crippen LogP contribution in [0, 0.1) is 0 Å².